The average molecular weight is 284 g/mol. The fourth-order valence-corrected chi connectivity index (χ4v) is 1.26. The maximum atomic E-state index is 4.00. The van der Waals surface area contributed by atoms with Crippen molar-refractivity contribution < 1.29 is 0 Å². The van der Waals surface area contributed by atoms with Gasteiger partial charge in [-0.1, -0.05) is 42.5 Å². The summed E-state index contributed by atoms with van der Waals surface area (Å²) in [7, 11) is 3.61. The Bertz CT molecular complexity index is 471. The number of hydrogen-bond acceptors (Lipinski definition) is 6. The molecular weight excluding hydrogens is 256 g/mol. The number of tetrazole rings is 2. The van der Waals surface area contributed by atoms with E-state index in [-0.39, 0.29) is 14.9 Å². The van der Waals surface area contributed by atoms with Crippen LogP contribution in [0.4, 0.5) is 0 Å². The smallest absolute Gasteiger partial charge is 0.177 e. The molecule has 0 fully saturated rings. The highest BCUT2D eigenvalue weighted by Gasteiger charge is 2.04. The number of aryl methyl sites for hydroxylation is 2. The molecule has 2 heterocycles. The number of rotatable bonds is 2. The number of aromatic nitrogens is 8. The van der Waals surface area contributed by atoms with Crippen molar-refractivity contribution in [1.82, 2.24) is 40.4 Å². The zero-order valence-electron chi connectivity index (χ0n) is 11.7. The normalized spacial score (nSPS) is 9.60. The summed E-state index contributed by atoms with van der Waals surface area (Å²) in [6, 6.07) is 0. The topological polar surface area (TPSA) is 87.2 Å². The summed E-state index contributed by atoms with van der Waals surface area (Å²) in [5.74, 6) is 2.51. The first-order chi connectivity index (χ1) is 8.41. The first-order valence-corrected chi connectivity index (χ1v) is 5.88. The van der Waals surface area contributed by atoms with Gasteiger partial charge in [0.1, 0.15) is 0 Å². The summed E-state index contributed by atoms with van der Waals surface area (Å²) in [4.78, 5) is 1.47. The van der Waals surface area contributed by atoms with E-state index in [9.17, 15) is 0 Å². The van der Waals surface area contributed by atoms with Crippen LogP contribution >= 0.6 is 0 Å². The van der Waals surface area contributed by atoms with Crippen LogP contribution in [0.15, 0.2) is 0 Å². The lowest BCUT2D eigenvalue weighted by molar-refractivity contribution is 0.625. The van der Waals surface area contributed by atoms with Gasteiger partial charge in [-0.25, -0.2) is 4.68 Å². The molecule has 20 heavy (non-hydrogen) atoms. The fraction of sp³-hybridized carbons (Fsp3) is 0.833. The van der Waals surface area contributed by atoms with Gasteiger partial charge >= 0.3 is 0 Å². The van der Waals surface area contributed by atoms with Gasteiger partial charge in [0.25, 0.3) is 0 Å². The maximum Gasteiger partial charge on any atom is 0.177 e. The van der Waals surface area contributed by atoms with Gasteiger partial charge in [-0.3, -0.25) is 0 Å². The SMILES string of the molecule is C.C.CC(C)c1nnn(C)n1.CC(C)c1nnnn1C. The average Bonchev–Trinajstić information content (AvgIpc) is 2.87. The molecule has 0 radical (unpaired) electrons. The molecule has 0 atom stereocenters. The van der Waals surface area contributed by atoms with E-state index in [2.05, 4.69) is 44.8 Å². The maximum absolute atomic E-state index is 4.00. The van der Waals surface area contributed by atoms with Gasteiger partial charge in [0.15, 0.2) is 11.6 Å². The minimum Gasteiger partial charge on any atom is -0.232 e. The predicted octanol–water partition coefficient (Wildman–Crippen LogP) is 1.94. The molecule has 0 aromatic carbocycles. The summed E-state index contributed by atoms with van der Waals surface area (Å²) in [6.45, 7) is 8.20. The minimum absolute atomic E-state index is 0. The van der Waals surface area contributed by atoms with Gasteiger partial charge in [0.2, 0.25) is 0 Å². The highest BCUT2D eigenvalue weighted by atomic mass is 15.6. The molecule has 8 heteroatoms. The number of nitrogens with zero attached hydrogens (tertiary/aromatic N) is 8. The highest BCUT2D eigenvalue weighted by molar-refractivity contribution is 4.86. The van der Waals surface area contributed by atoms with Crippen molar-refractivity contribution in [2.24, 2.45) is 14.1 Å². The molecule has 116 valence electrons. The molecule has 0 saturated carbocycles. The van der Waals surface area contributed by atoms with Crippen molar-refractivity contribution in [3.63, 3.8) is 0 Å². The second-order valence-corrected chi connectivity index (χ2v) is 4.61. The predicted molar refractivity (Wildman–Crippen MR) is 79.2 cm³/mol. The lowest BCUT2D eigenvalue weighted by atomic mass is 10.2. The van der Waals surface area contributed by atoms with Gasteiger partial charge < -0.3 is 0 Å². The third-order valence-corrected chi connectivity index (χ3v) is 2.21. The first kappa shape index (κ1) is 20.5. The summed E-state index contributed by atoms with van der Waals surface area (Å²) in [6.07, 6.45) is 0. The third-order valence-electron chi connectivity index (χ3n) is 2.21. The molecule has 0 aliphatic carbocycles. The summed E-state index contributed by atoms with van der Waals surface area (Å²) < 4.78 is 1.69. The molecule has 2 rings (SSSR count). The molecule has 2 aromatic heterocycles. The molecule has 0 N–H and O–H groups in total. The summed E-state index contributed by atoms with van der Waals surface area (Å²) in [5.41, 5.74) is 0. The minimum atomic E-state index is 0. The molecule has 0 bridgehead atoms. The molecule has 0 aliphatic rings. The van der Waals surface area contributed by atoms with Gasteiger partial charge in [-0.2, -0.15) is 4.80 Å². The molecule has 0 unspecified atom stereocenters. The zero-order chi connectivity index (χ0) is 13.7. The van der Waals surface area contributed by atoms with Gasteiger partial charge in [0, 0.05) is 18.9 Å². The van der Waals surface area contributed by atoms with E-state index in [1.54, 1.807) is 11.7 Å². The van der Waals surface area contributed by atoms with E-state index in [1.807, 2.05) is 20.9 Å². The van der Waals surface area contributed by atoms with Gasteiger partial charge in [0.05, 0.1) is 7.05 Å². The van der Waals surface area contributed by atoms with Crippen LogP contribution in [-0.4, -0.2) is 40.4 Å². The third kappa shape index (κ3) is 5.85. The monoisotopic (exact) mass is 284 g/mol. The number of hydrogen-bond donors (Lipinski definition) is 0. The van der Waals surface area contributed by atoms with Crippen molar-refractivity contribution in [3.8, 4) is 0 Å². The fourth-order valence-electron chi connectivity index (χ4n) is 1.26. The Hall–Kier alpha value is -1.86. The molecule has 0 saturated heterocycles. The van der Waals surface area contributed by atoms with Crippen molar-refractivity contribution in [3.05, 3.63) is 11.6 Å². The second kappa shape index (κ2) is 9.11. The second-order valence-electron chi connectivity index (χ2n) is 4.61. The molecule has 8 nitrogen and oxygen atoms in total. The van der Waals surface area contributed by atoms with E-state index in [0.29, 0.717) is 11.8 Å². The van der Waals surface area contributed by atoms with E-state index < -0.39 is 0 Å². The lowest BCUT2D eigenvalue weighted by Crippen LogP contribution is -2.00. The lowest BCUT2D eigenvalue weighted by Gasteiger charge is -1.98. The van der Waals surface area contributed by atoms with Crippen LogP contribution in [0.5, 0.6) is 0 Å². The zero-order valence-corrected chi connectivity index (χ0v) is 11.7. The van der Waals surface area contributed by atoms with Crippen molar-refractivity contribution in [2.45, 2.75) is 54.4 Å². The van der Waals surface area contributed by atoms with Gasteiger partial charge in [-0.05, 0) is 15.6 Å². The summed E-state index contributed by atoms with van der Waals surface area (Å²) in [5, 5.41) is 22.5. The van der Waals surface area contributed by atoms with E-state index in [4.69, 9.17) is 0 Å². The van der Waals surface area contributed by atoms with Crippen LogP contribution in [0.25, 0.3) is 0 Å². The van der Waals surface area contributed by atoms with Crippen molar-refractivity contribution in [1.29, 1.82) is 0 Å². The largest absolute Gasteiger partial charge is 0.232 e. The summed E-state index contributed by atoms with van der Waals surface area (Å²) >= 11 is 0. The Labute approximate surface area is 121 Å². The molecule has 0 amide bonds. The van der Waals surface area contributed by atoms with Gasteiger partial charge in [-0.15, -0.1) is 15.3 Å². The van der Waals surface area contributed by atoms with Crippen LogP contribution in [0.1, 0.15) is 66.0 Å². The molecular formula is C12H28N8. The highest BCUT2D eigenvalue weighted by Crippen LogP contribution is 2.06. The van der Waals surface area contributed by atoms with Crippen LogP contribution in [0, 0.1) is 0 Å². The first-order valence-electron chi connectivity index (χ1n) is 5.88. The Kier molecular flexibility index (Phi) is 9.32. The van der Waals surface area contributed by atoms with Crippen LogP contribution in [0.3, 0.4) is 0 Å². The van der Waals surface area contributed by atoms with E-state index in [1.165, 1.54) is 4.80 Å². The Balaban J connectivity index is 0. The molecule has 2 aromatic rings. The molecule has 0 spiro atoms. The van der Waals surface area contributed by atoms with Crippen LogP contribution < -0.4 is 0 Å². The molecule has 0 aliphatic heterocycles. The Morgan fingerprint density at radius 1 is 0.850 bits per heavy atom. The quantitative estimate of drug-likeness (QED) is 0.837. The Morgan fingerprint density at radius 3 is 1.65 bits per heavy atom. The van der Waals surface area contributed by atoms with Crippen LogP contribution in [-0.2, 0) is 14.1 Å². The standard InChI is InChI=1S/2C5H10N4.2CH4/c1-4(2)5-6-7-8-9(5)3;1-4(2)5-6-8-9(3)7-5;;/h2*4H,1-3H3;2*1H4. The van der Waals surface area contributed by atoms with Crippen molar-refractivity contribution in [2.75, 3.05) is 0 Å². The van der Waals surface area contributed by atoms with Crippen LogP contribution in [0.2, 0.25) is 0 Å². The van der Waals surface area contributed by atoms with E-state index in [0.717, 1.165) is 11.6 Å². The van der Waals surface area contributed by atoms with E-state index >= 15 is 0 Å². The Morgan fingerprint density at radius 2 is 1.45 bits per heavy atom. The van der Waals surface area contributed by atoms with Crippen molar-refractivity contribution >= 4 is 0 Å².